The molecule has 2 N–H and O–H groups in total. The lowest BCUT2D eigenvalue weighted by Crippen LogP contribution is -2.47. The van der Waals surface area contributed by atoms with Crippen LogP contribution in [0.25, 0.3) is 0 Å². The maximum atomic E-state index is 13.4. The SMILES string of the molecule is C[C@H](CO)N1C[C@H](C)[C@@H](CN(C)Cc2ccccc2)Oc2ccc(NS(=O)(=O)c3ccc(Cl)cc3)cc2CC1=O. The fourth-order valence-electron chi connectivity index (χ4n) is 4.81. The summed E-state index contributed by atoms with van der Waals surface area (Å²) in [5.74, 6) is 0.339. The van der Waals surface area contributed by atoms with Gasteiger partial charge in [-0.15, -0.1) is 0 Å². The fourth-order valence-corrected chi connectivity index (χ4v) is 5.98. The van der Waals surface area contributed by atoms with E-state index in [9.17, 15) is 18.3 Å². The molecule has 0 saturated heterocycles. The van der Waals surface area contributed by atoms with Gasteiger partial charge in [0.05, 0.1) is 24.0 Å². The van der Waals surface area contributed by atoms with Crippen LogP contribution in [0.15, 0.2) is 77.7 Å². The van der Waals surface area contributed by atoms with Crippen molar-refractivity contribution in [3.8, 4) is 5.75 Å². The van der Waals surface area contributed by atoms with Crippen LogP contribution in [-0.2, 0) is 27.8 Å². The van der Waals surface area contributed by atoms with E-state index in [2.05, 4.69) is 21.8 Å². The molecule has 0 aromatic heterocycles. The van der Waals surface area contributed by atoms with Crippen LogP contribution < -0.4 is 9.46 Å². The standard InChI is InChI=1S/C30H36ClN3O5S/c1-21-17-34(22(2)20-35)30(36)16-24-15-26(32-40(37,38)27-12-9-25(31)10-13-27)11-14-28(24)39-29(21)19-33(3)18-23-7-5-4-6-8-23/h4-15,21-22,29,32,35H,16-20H2,1-3H3/t21-,22+,29+/m0/s1. The first kappa shape index (κ1) is 29.9. The highest BCUT2D eigenvalue weighted by molar-refractivity contribution is 7.92. The summed E-state index contributed by atoms with van der Waals surface area (Å²) in [5.41, 5.74) is 2.07. The van der Waals surface area contributed by atoms with Gasteiger partial charge in [0, 0.05) is 41.8 Å². The zero-order chi connectivity index (χ0) is 28.9. The summed E-state index contributed by atoms with van der Waals surface area (Å²) in [6.45, 7) is 5.47. The number of carbonyl (C=O) groups is 1. The first-order valence-electron chi connectivity index (χ1n) is 13.3. The molecule has 0 fully saturated rings. The van der Waals surface area contributed by atoms with Gasteiger partial charge in [-0.1, -0.05) is 48.9 Å². The van der Waals surface area contributed by atoms with Crippen molar-refractivity contribution in [2.24, 2.45) is 5.92 Å². The van der Waals surface area contributed by atoms with Crippen molar-refractivity contribution in [1.82, 2.24) is 9.80 Å². The molecule has 0 unspecified atom stereocenters. The summed E-state index contributed by atoms with van der Waals surface area (Å²) >= 11 is 5.91. The Balaban J connectivity index is 1.63. The predicted molar refractivity (Wildman–Crippen MR) is 157 cm³/mol. The number of hydrogen-bond donors (Lipinski definition) is 2. The molecule has 214 valence electrons. The average Bonchev–Trinajstić information content (AvgIpc) is 2.96. The van der Waals surface area contributed by atoms with Crippen molar-refractivity contribution < 1.29 is 23.1 Å². The Morgan fingerprint density at radius 3 is 2.50 bits per heavy atom. The number of likely N-dealkylation sites (N-methyl/N-ethyl adjacent to an activating group) is 1. The number of nitrogens with one attached hydrogen (secondary N) is 1. The van der Waals surface area contributed by atoms with Gasteiger partial charge in [-0.2, -0.15) is 0 Å². The number of aliphatic hydroxyl groups is 1. The number of hydrogen-bond acceptors (Lipinski definition) is 6. The minimum absolute atomic E-state index is 0.00941. The molecule has 8 nitrogen and oxygen atoms in total. The lowest BCUT2D eigenvalue weighted by atomic mass is 10.0. The second kappa shape index (κ2) is 13.0. The number of halogens is 1. The van der Waals surface area contributed by atoms with Gasteiger partial charge in [-0.05, 0) is 62.0 Å². The molecule has 3 atom stereocenters. The molecule has 10 heteroatoms. The predicted octanol–water partition coefficient (Wildman–Crippen LogP) is 4.42. The number of sulfonamides is 1. The van der Waals surface area contributed by atoms with Crippen LogP contribution in [0.3, 0.4) is 0 Å². The largest absolute Gasteiger partial charge is 0.488 e. The van der Waals surface area contributed by atoms with E-state index in [0.717, 1.165) is 6.54 Å². The number of anilines is 1. The van der Waals surface area contributed by atoms with E-state index in [1.54, 1.807) is 23.1 Å². The topological polar surface area (TPSA) is 99.2 Å². The summed E-state index contributed by atoms with van der Waals surface area (Å²) in [6.07, 6.45) is -0.251. The highest BCUT2D eigenvalue weighted by Crippen LogP contribution is 2.30. The van der Waals surface area contributed by atoms with E-state index < -0.39 is 10.0 Å². The quantitative estimate of drug-likeness (QED) is 0.386. The first-order chi connectivity index (χ1) is 19.1. The summed E-state index contributed by atoms with van der Waals surface area (Å²) in [7, 11) is -1.84. The molecule has 3 aromatic carbocycles. The van der Waals surface area contributed by atoms with Crippen molar-refractivity contribution in [1.29, 1.82) is 0 Å². The van der Waals surface area contributed by atoms with E-state index in [0.29, 0.717) is 35.1 Å². The van der Waals surface area contributed by atoms with Crippen molar-refractivity contribution in [2.45, 2.75) is 43.9 Å². The van der Waals surface area contributed by atoms with Crippen LogP contribution >= 0.6 is 11.6 Å². The minimum atomic E-state index is -3.87. The van der Waals surface area contributed by atoms with E-state index in [1.807, 2.05) is 39.1 Å². The van der Waals surface area contributed by atoms with E-state index in [-0.39, 0.29) is 41.9 Å². The third-order valence-corrected chi connectivity index (χ3v) is 8.73. The fraction of sp³-hybridized carbons (Fsp3) is 0.367. The van der Waals surface area contributed by atoms with Gasteiger partial charge in [-0.25, -0.2) is 8.42 Å². The zero-order valence-electron chi connectivity index (χ0n) is 23.0. The van der Waals surface area contributed by atoms with Gasteiger partial charge in [0.2, 0.25) is 5.91 Å². The molecular formula is C30H36ClN3O5S. The average molecular weight is 586 g/mol. The minimum Gasteiger partial charge on any atom is -0.488 e. The number of benzene rings is 3. The van der Waals surface area contributed by atoms with Crippen molar-refractivity contribution in [2.75, 3.05) is 31.5 Å². The normalized spacial score (nSPS) is 18.8. The van der Waals surface area contributed by atoms with Crippen LogP contribution in [0.5, 0.6) is 5.75 Å². The summed E-state index contributed by atoms with van der Waals surface area (Å²) in [6, 6.07) is 20.7. The summed E-state index contributed by atoms with van der Waals surface area (Å²) in [4.78, 5) is 17.4. The second-order valence-corrected chi connectivity index (χ2v) is 12.6. The molecule has 0 radical (unpaired) electrons. The molecule has 3 aromatic rings. The molecule has 1 aliphatic rings. The number of aliphatic hydroxyl groups excluding tert-OH is 1. The highest BCUT2D eigenvalue weighted by atomic mass is 35.5. The van der Waals surface area contributed by atoms with Gasteiger partial charge in [-0.3, -0.25) is 14.4 Å². The van der Waals surface area contributed by atoms with Crippen LogP contribution in [0, 0.1) is 5.92 Å². The molecule has 1 heterocycles. The van der Waals surface area contributed by atoms with Crippen molar-refractivity contribution in [3.63, 3.8) is 0 Å². The Hall–Kier alpha value is -3.11. The zero-order valence-corrected chi connectivity index (χ0v) is 24.5. The van der Waals surface area contributed by atoms with Gasteiger partial charge in [0.1, 0.15) is 11.9 Å². The lowest BCUT2D eigenvalue weighted by Gasteiger charge is -2.34. The maximum Gasteiger partial charge on any atom is 0.261 e. The van der Waals surface area contributed by atoms with Crippen molar-refractivity contribution >= 4 is 33.2 Å². The van der Waals surface area contributed by atoms with Gasteiger partial charge < -0.3 is 14.7 Å². The molecule has 0 bridgehead atoms. The number of amides is 1. The lowest BCUT2D eigenvalue weighted by molar-refractivity contribution is -0.134. The molecule has 0 aliphatic carbocycles. The van der Waals surface area contributed by atoms with Crippen LogP contribution in [0.2, 0.25) is 5.02 Å². The Morgan fingerprint density at radius 2 is 1.82 bits per heavy atom. The Morgan fingerprint density at radius 1 is 1.12 bits per heavy atom. The van der Waals surface area contributed by atoms with Gasteiger partial charge >= 0.3 is 0 Å². The Labute approximate surface area is 241 Å². The van der Waals surface area contributed by atoms with Crippen LogP contribution in [-0.4, -0.2) is 68.1 Å². The first-order valence-corrected chi connectivity index (χ1v) is 15.1. The number of rotatable bonds is 9. The second-order valence-electron chi connectivity index (χ2n) is 10.5. The Kier molecular flexibility index (Phi) is 9.73. The van der Waals surface area contributed by atoms with Crippen LogP contribution in [0.1, 0.15) is 25.0 Å². The summed E-state index contributed by atoms with van der Waals surface area (Å²) < 4.78 is 35.1. The van der Waals surface area contributed by atoms with E-state index in [1.165, 1.54) is 29.8 Å². The smallest absolute Gasteiger partial charge is 0.261 e. The Bertz CT molecular complexity index is 1400. The number of ether oxygens (including phenoxy) is 1. The molecule has 40 heavy (non-hydrogen) atoms. The number of fused-ring (bicyclic) bond motifs is 1. The molecule has 0 spiro atoms. The maximum absolute atomic E-state index is 13.4. The summed E-state index contributed by atoms with van der Waals surface area (Å²) in [5, 5.41) is 10.3. The third-order valence-electron chi connectivity index (χ3n) is 7.08. The van der Waals surface area contributed by atoms with Crippen molar-refractivity contribution in [3.05, 3.63) is 88.9 Å². The van der Waals surface area contributed by atoms with E-state index in [4.69, 9.17) is 16.3 Å². The monoisotopic (exact) mass is 585 g/mol. The highest BCUT2D eigenvalue weighted by Gasteiger charge is 2.31. The number of nitrogens with zero attached hydrogens (tertiary/aromatic N) is 2. The molecule has 4 rings (SSSR count). The van der Waals surface area contributed by atoms with Crippen LogP contribution in [0.4, 0.5) is 5.69 Å². The third kappa shape index (κ3) is 7.54. The van der Waals surface area contributed by atoms with E-state index >= 15 is 0 Å². The number of carbonyl (C=O) groups excluding carboxylic acids is 1. The van der Waals surface area contributed by atoms with Gasteiger partial charge in [0.15, 0.2) is 0 Å². The molecule has 1 amide bonds. The molecular weight excluding hydrogens is 550 g/mol. The van der Waals surface area contributed by atoms with Gasteiger partial charge in [0.25, 0.3) is 10.0 Å². The molecule has 0 saturated carbocycles. The molecule has 1 aliphatic heterocycles.